The highest BCUT2D eigenvalue weighted by Crippen LogP contribution is 2.23. The molecule has 0 aromatic heterocycles. The Morgan fingerprint density at radius 2 is 1.79 bits per heavy atom. The van der Waals surface area contributed by atoms with Crippen LogP contribution in [-0.4, -0.2) is 52.6 Å². The molecule has 0 saturated carbocycles. The van der Waals surface area contributed by atoms with E-state index in [0.29, 0.717) is 36.9 Å². The number of piperazine rings is 1. The van der Waals surface area contributed by atoms with Crippen LogP contribution in [0, 0.1) is 6.92 Å². The fraction of sp³-hybridized carbons (Fsp3) is 0.316. The molecule has 9 heteroatoms. The minimum atomic E-state index is -3.57. The summed E-state index contributed by atoms with van der Waals surface area (Å²) in [6.07, 6.45) is 0. The number of halogens is 1. The van der Waals surface area contributed by atoms with Gasteiger partial charge in [0.05, 0.1) is 4.90 Å². The van der Waals surface area contributed by atoms with Gasteiger partial charge in [0.2, 0.25) is 10.0 Å². The molecule has 0 unspecified atom stereocenters. The number of anilines is 2. The molecular formula is C19H23ClN4O3S. The SMILES string of the molecule is CNS(=O)(=O)c1ccc(C)c(NC(=O)N2CCN(c3cccc(Cl)c3)CC2)c1. The number of hydrogen-bond acceptors (Lipinski definition) is 4. The van der Waals surface area contributed by atoms with E-state index in [4.69, 9.17) is 11.6 Å². The van der Waals surface area contributed by atoms with Gasteiger partial charge in [0.25, 0.3) is 0 Å². The van der Waals surface area contributed by atoms with Gasteiger partial charge in [-0.25, -0.2) is 17.9 Å². The Morgan fingerprint density at radius 1 is 1.07 bits per heavy atom. The normalized spacial score (nSPS) is 14.8. The number of aryl methyl sites for hydroxylation is 1. The first-order valence-electron chi connectivity index (χ1n) is 8.91. The molecule has 0 atom stereocenters. The van der Waals surface area contributed by atoms with Gasteiger partial charge in [-0.05, 0) is 49.9 Å². The first kappa shape index (κ1) is 20.4. The quantitative estimate of drug-likeness (QED) is 0.793. The summed E-state index contributed by atoms with van der Waals surface area (Å²) in [7, 11) is -2.22. The smallest absolute Gasteiger partial charge is 0.321 e. The van der Waals surface area contributed by atoms with Crippen LogP contribution in [0.1, 0.15) is 5.56 Å². The number of rotatable bonds is 4. The second-order valence-electron chi connectivity index (χ2n) is 6.57. The van der Waals surface area contributed by atoms with Gasteiger partial charge < -0.3 is 15.1 Å². The van der Waals surface area contributed by atoms with Gasteiger partial charge in [-0.2, -0.15) is 0 Å². The number of hydrogen-bond donors (Lipinski definition) is 2. The summed E-state index contributed by atoms with van der Waals surface area (Å²) in [5.41, 5.74) is 2.31. The van der Waals surface area contributed by atoms with Crippen molar-refractivity contribution in [2.45, 2.75) is 11.8 Å². The van der Waals surface area contributed by atoms with E-state index in [1.807, 2.05) is 31.2 Å². The number of carbonyl (C=O) groups excluding carboxylic acids is 1. The van der Waals surface area contributed by atoms with Crippen LogP contribution < -0.4 is 14.9 Å². The van der Waals surface area contributed by atoms with Gasteiger partial charge in [-0.3, -0.25) is 0 Å². The van der Waals surface area contributed by atoms with Crippen molar-refractivity contribution in [1.29, 1.82) is 0 Å². The van der Waals surface area contributed by atoms with Crippen LogP contribution in [0.25, 0.3) is 0 Å². The standard InChI is InChI=1S/C19H23ClN4O3S/c1-14-6-7-17(28(26,27)21-2)13-18(14)22-19(25)24-10-8-23(9-11-24)16-5-3-4-15(20)12-16/h3-7,12-13,21H,8-11H2,1-2H3,(H,22,25). The van der Waals surface area contributed by atoms with Gasteiger partial charge in [-0.1, -0.05) is 23.7 Å². The van der Waals surface area contributed by atoms with Crippen molar-refractivity contribution in [2.75, 3.05) is 43.4 Å². The predicted molar refractivity (Wildman–Crippen MR) is 112 cm³/mol. The molecule has 1 aliphatic rings. The summed E-state index contributed by atoms with van der Waals surface area (Å²) >= 11 is 6.06. The number of nitrogens with zero attached hydrogens (tertiary/aromatic N) is 2. The number of sulfonamides is 1. The highest BCUT2D eigenvalue weighted by atomic mass is 35.5. The monoisotopic (exact) mass is 422 g/mol. The highest BCUT2D eigenvalue weighted by molar-refractivity contribution is 7.89. The second kappa shape index (κ2) is 8.38. The second-order valence-corrected chi connectivity index (χ2v) is 8.89. The molecule has 2 aromatic carbocycles. The molecule has 0 radical (unpaired) electrons. The van der Waals surface area contributed by atoms with Gasteiger partial charge >= 0.3 is 6.03 Å². The molecule has 28 heavy (non-hydrogen) atoms. The van der Waals surface area contributed by atoms with E-state index in [-0.39, 0.29) is 10.9 Å². The lowest BCUT2D eigenvalue weighted by Gasteiger charge is -2.36. The third-order valence-corrected chi connectivity index (χ3v) is 6.42. The first-order chi connectivity index (χ1) is 13.3. The van der Waals surface area contributed by atoms with Crippen LogP contribution in [0.15, 0.2) is 47.4 Å². The van der Waals surface area contributed by atoms with Gasteiger partial charge in [0.1, 0.15) is 0 Å². The van der Waals surface area contributed by atoms with Crippen LogP contribution in [-0.2, 0) is 10.0 Å². The van der Waals surface area contributed by atoms with Crippen LogP contribution in [0.5, 0.6) is 0 Å². The van der Waals surface area contributed by atoms with Crippen molar-refractivity contribution >= 4 is 39.0 Å². The third-order valence-electron chi connectivity index (χ3n) is 4.77. The van der Waals surface area contributed by atoms with E-state index in [9.17, 15) is 13.2 Å². The maximum Gasteiger partial charge on any atom is 0.321 e. The van der Waals surface area contributed by atoms with E-state index in [1.54, 1.807) is 11.0 Å². The van der Waals surface area contributed by atoms with E-state index in [1.165, 1.54) is 19.2 Å². The van der Waals surface area contributed by atoms with Crippen LogP contribution >= 0.6 is 11.6 Å². The molecule has 1 fully saturated rings. The number of benzene rings is 2. The fourth-order valence-electron chi connectivity index (χ4n) is 3.06. The van der Waals surface area contributed by atoms with Crippen molar-refractivity contribution in [2.24, 2.45) is 0 Å². The molecular weight excluding hydrogens is 400 g/mol. The maximum absolute atomic E-state index is 12.7. The van der Waals surface area contributed by atoms with Crippen LogP contribution in [0.3, 0.4) is 0 Å². The zero-order valence-electron chi connectivity index (χ0n) is 15.8. The third kappa shape index (κ3) is 4.57. The number of carbonyl (C=O) groups is 1. The summed E-state index contributed by atoms with van der Waals surface area (Å²) < 4.78 is 26.3. The molecule has 2 amide bonds. The average molecular weight is 423 g/mol. The van der Waals surface area contributed by atoms with Gasteiger partial charge in [0, 0.05) is 42.6 Å². The molecule has 0 aliphatic carbocycles. The zero-order valence-corrected chi connectivity index (χ0v) is 17.3. The Balaban J connectivity index is 1.66. The molecule has 1 heterocycles. The minimum absolute atomic E-state index is 0.113. The number of nitrogens with one attached hydrogen (secondary N) is 2. The Hall–Kier alpha value is -2.29. The van der Waals surface area contributed by atoms with Gasteiger partial charge in [0.15, 0.2) is 0 Å². The maximum atomic E-state index is 12.7. The molecule has 0 bridgehead atoms. The lowest BCUT2D eigenvalue weighted by atomic mass is 10.2. The Bertz CT molecular complexity index is 973. The molecule has 150 valence electrons. The fourth-order valence-corrected chi connectivity index (χ4v) is 4.00. The summed E-state index contributed by atoms with van der Waals surface area (Å²) in [5.74, 6) is 0. The molecule has 2 aromatic rings. The minimum Gasteiger partial charge on any atom is -0.368 e. The lowest BCUT2D eigenvalue weighted by molar-refractivity contribution is 0.208. The zero-order chi connectivity index (χ0) is 20.3. The van der Waals surface area contributed by atoms with Crippen molar-refractivity contribution in [3.63, 3.8) is 0 Å². The van der Waals surface area contributed by atoms with Crippen molar-refractivity contribution in [3.8, 4) is 0 Å². The van der Waals surface area contributed by atoms with E-state index in [2.05, 4.69) is 14.9 Å². The Labute approximate surface area is 170 Å². The van der Waals surface area contributed by atoms with Crippen LogP contribution in [0.4, 0.5) is 16.2 Å². The molecule has 1 saturated heterocycles. The van der Waals surface area contributed by atoms with E-state index < -0.39 is 10.0 Å². The molecule has 7 nitrogen and oxygen atoms in total. The number of amides is 2. The largest absolute Gasteiger partial charge is 0.368 e. The van der Waals surface area contributed by atoms with E-state index >= 15 is 0 Å². The van der Waals surface area contributed by atoms with E-state index in [0.717, 1.165) is 11.3 Å². The average Bonchev–Trinajstić information content (AvgIpc) is 2.69. The molecule has 1 aliphatic heterocycles. The summed E-state index contributed by atoms with van der Waals surface area (Å²) in [6, 6.07) is 12.1. The number of urea groups is 1. The van der Waals surface area contributed by atoms with Crippen molar-refractivity contribution in [1.82, 2.24) is 9.62 Å². The molecule has 0 spiro atoms. The Kier molecular flexibility index (Phi) is 6.12. The molecule has 3 rings (SSSR count). The summed E-state index contributed by atoms with van der Waals surface area (Å²) in [4.78, 5) is 16.7. The lowest BCUT2D eigenvalue weighted by Crippen LogP contribution is -2.50. The first-order valence-corrected chi connectivity index (χ1v) is 10.8. The topological polar surface area (TPSA) is 81.8 Å². The Morgan fingerprint density at radius 3 is 2.43 bits per heavy atom. The highest BCUT2D eigenvalue weighted by Gasteiger charge is 2.22. The predicted octanol–water partition coefficient (Wildman–Crippen LogP) is 2.91. The molecule has 2 N–H and O–H groups in total. The van der Waals surface area contributed by atoms with Gasteiger partial charge in [-0.15, -0.1) is 0 Å². The summed E-state index contributed by atoms with van der Waals surface area (Å²) in [6.45, 7) is 4.34. The van der Waals surface area contributed by atoms with Crippen molar-refractivity contribution in [3.05, 3.63) is 53.1 Å². The van der Waals surface area contributed by atoms with Crippen LogP contribution in [0.2, 0.25) is 5.02 Å². The van der Waals surface area contributed by atoms with Crippen molar-refractivity contribution < 1.29 is 13.2 Å². The summed E-state index contributed by atoms with van der Waals surface area (Å²) in [5, 5.41) is 3.52.